The van der Waals surface area contributed by atoms with Crippen LogP contribution in [-0.4, -0.2) is 101 Å². The molecule has 4 amide bonds. The van der Waals surface area contributed by atoms with Gasteiger partial charge in [0.2, 0.25) is 23.6 Å². The van der Waals surface area contributed by atoms with Crippen LogP contribution in [0.2, 0.25) is 0 Å². The average molecular weight is 687 g/mol. The second-order valence-electron chi connectivity index (χ2n) is 12.6. The van der Waals surface area contributed by atoms with Crippen LogP contribution < -0.4 is 33.2 Å². The maximum absolute atomic E-state index is 13.2. The maximum atomic E-state index is 13.2. The number of hydrogen-bond donors (Lipinski definition) is 6. The third kappa shape index (κ3) is 27.3. The molecule has 0 aromatic carbocycles. The normalized spacial score (nSPS) is 11.4. The van der Waals surface area contributed by atoms with Gasteiger partial charge in [0.25, 0.3) is 0 Å². The van der Waals surface area contributed by atoms with Crippen LogP contribution in [0.15, 0.2) is 0 Å². The molecule has 48 heavy (non-hydrogen) atoms. The molecule has 0 unspecified atom stereocenters. The molecule has 0 aliphatic rings. The summed E-state index contributed by atoms with van der Waals surface area (Å²) in [4.78, 5) is 60.4. The highest BCUT2D eigenvalue weighted by Crippen LogP contribution is 2.14. The van der Waals surface area contributed by atoms with Crippen molar-refractivity contribution >= 4 is 29.4 Å². The van der Waals surface area contributed by atoms with Crippen molar-refractivity contribution in [3.63, 3.8) is 0 Å². The molecule has 0 rings (SSSR count). The number of nitrogens with two attached hydrogens (primary N) is 3. The molecule has 0 heterocycles. The van der Waals surface area contributed by atoms with Gasteiger partial charge >= 0.3 is 0 Å². The summed E-state index contributed by atoms with van der Waals surface area (Å²) >= 11 is 0. The molecule has 0 bridgehead atoms. The van der Waals surface area contributed by atoms with E-state index in [1.54, 1.807) is 0 Å². The van der Waals surface area contributed by atoms with Crippen molar-refractivity contribution in [1.82, 2.24) is 16.0 Å². The third-order valence-corrected chi connectivity index (χ3v) is 7.61. The van der Waals surface area contributed by atoms with Crippen molar-refractivity contribution in [3.8, 4) is 0 Å². The summed E-state index contributed by atoms with van der Waals surface area (Å²) in [6.45, 7) is 6.00. The Hall–Kier alpha value is -2.65. The first-order chi connectivity index (χ1) is 23.0. The summed E-state index contributed by atoms with van der Waals surface area (Å²) in [6, 6.07) is 0. The topological polar surface area (TPSA) is 227 Å². The van der Waals surface area contributed by atoms with Gasteiger partial charge in [0.05, 0.1) is 39.6 Å². The summed E-state index contributed by atoms with van der Waals surface area (Å²) in [7, 11) is 0. The molecule has 9 N–H and O–H groups in total. The predicted octanol–water partition coefficient (Wildman–Crippen LogP) is 1.60. The van der Waals surface area contributed by atoms with Gasteiger partial charge in [-0.25, -0.2) is 0 Å². The highest BCUT2D eigenvalue weighted by atomic mass is 16.5. The van der Waals surface area contributed by atoms with Crippen molar-refractivity contribution in [2.75, 3.05) is 65.8 Å². The van der Waals surface area contributed by atoms with Gasteiger partial charge in [-0.05, 0) is 38.8 Å². The van der Waals surface area contributed by atoms with E-state index in [-0.39, 0.29) is 82.5 Å². The van der Waals surface area contributed by atoms with Gasteiger partial charge < -0.3 is 47.4 Å². The van der Waals surface area contributed by atoms with Gasteiger partial charge in [0.1, 0.15) is 11.3 Å². The van der Waals surface area contributed by atoms with Gasteiger partial charge in [-0.1, -0.05) is 52.4 Å². The fourth-order valence-electron chi connectivity index (χ4n) is 4.67. The lowest BCUT2D eigenvalue weighted by molar-refractivity contribution is -0.130. The highest BCUT2D eigenvalue weighted by Gasteiger charge is 2.34. The number of nitrogens with one attached hydrogen (secondary N) is 3. The zero-order valence-electron chi connectivity index (χ0n) is 29.8. The van der Waals surface area contributed by atoms with Crippen LogP contribution in [0.3, 0.4) is 0 Å². The molecule has 0 spiro atoms. The molecule has 0 saturated carbocycles. The first-order valence-electron chi connectivity index (χ1n) is 17.8. The minimum Gasteiger partial charge on any atom is -0.378 e. The number of carbonyl (C=O) groups excluding carboxylic acids is 5. The van der Waals surface area contributed by atoms with Crippen LogP contribution in [0.1, 0.15) is 110 Å². The molecule has 0 radical (unpaired) electrons. The Balaban J connectivity index is 5.06. The van der Waals surface area contributed by atoms with Gasteiger partial charge in [-0.2, -0.15) is 0 Å². The predicted molar refractivity (Wildman–Crippen MR) is 186 cm³/mol. The van der Waals surface area contributed by atoms with Crippen molar-refractivity contribution < 1.29 is 38.2 Å². The minimum atomic E-state index is -1.13. The molecule has 0 fully saturated rings. The number of ether oxygens (including phenoxy) is 3. The number of rotatable bonds is 34. The summed E-state index contributed by atoms with van der Waals surface area (Å²) in [6.07, 6.45) is 10.5. The van der Waals surface area contributed by atoms with E-state index in [4.69, 9.17) is 31.4 Å². The third-order valence-electron chi connectivity index (χ3n) is 7.61. The van der Waals surface area contributed by atoms with Crippen LogP contribution in [0.4, 0.5) is 0 Å². The lowest BCUT2D eigenvalue weighted by Crippen LogP contribution is -2.58. The van der Waals surface area contributed by atoms with Crippen molar-refractivity contribution in [2.45, 2.75) is 116 Å². The lowest BCUT2D eigenvalue weighted by Gasteiger charge is -2.34. The monoisotopic (exact) mass is 686 g/mol. The van der Waals surface area contributed by atoms with Crippen molar-refractivity contribution in [1.29, 1.82) is 0 Å². The first-order valence-corrected chi connectivity index (χ1v) is 17.8. The molecule has 14 nitrogen and oxygen atoms in total. The largest absolute Gasteiger partial charge is 0.378 e. The highest BCUT2D eigenvalue weighted by molar-refractivity contribution is 5.80. The fraction of sp³-hybridized carbons (Fsp3) is 0.853. The smallest absolute Gasteiger partial charge is 0.222 e. The van der Waals surface area contributed by atoms with E-state index in [1.165, 1.54) is 0 Å². The second kappa shape index (κ2) is 30.4. The number of unbranched alkanes of at least 4 members (excludes halogenated alkanes) is 7. The van der Waals surface area contributed by atoms with E-state index < -0.39 is 11.4 Å². The summed E-state index contributed by atoms with van der Waals surface area (Å²) < 4.78 is 17.5. The summed E-state index contributed by atoms with van der Waals surface area (Å²) in [5, 5.41) is 8.59. The van der Waals surface area contributed by atoms with E-state index in [2.05, 4.69) is 16.0 Å². The van der Waals surface area contributed by atoms with E-state index in [1.807, 2.05) is 13.8 Å². The average Bonchev–Trinajstić information content (AvgIpc) is 3.04. The van der Waals surface area contributed by atoms with E-state index >= 15 is 0 Å². The molecular formula is C34H66N6O8. The van der Waals surface area contributed by atoms with Gasteiger partial charge in [0, 0.05) is 51.1 Å². The molecular weight excluding hydrogens is 620 g/mol. The van der Waals surface area contributed by atoms with Crippen LogP contribution >= 0.6 is 0 Å². The number of carbonyl (C=O) groups is 5. The Morgan fingerprint density at radius 3 is 1.40 bits per heavy atom. The number of hydrogen-bond acceptors (Lipinski definition) is 10. The Labute approximate surface area is 288 Å². The zero-order chi connectivity index (χ0) is 35.9. The molecule has 0 saturated heterocycles. The zero-order valence-corrected chi connectivity index (χ0v) is 29.8. The second-order valence-corrected chi connectivity index (χ2v) is 12.6. The first kappa shape index (κ1) is 45.3. The molecule has 0 aliphatic carbocycles. The standard InChI is InChI=1S/C34H66N6O8/c1-28(2)29(41)13-9-7-5-3-4-6-8-10-14-33(45)40-34(25-46-22-15-30(37)42,26-47-23-16-31(43)38-20-11-18-35)27-48-24-17-32(44)39-21-12-19-36/h28H,3-27,35-36H2,1-2H3,(H2,37,42)(H,38,43)(H,39,44)(H,40,45). The van der Waals surface area contributed by atoms with Crippen LogP contribution in [0.25, 0.3) is 0 Å². The summed E-state index contributed by atoms with van der Waals surface area (Å²) in [5.41, 5.74) is 15.1. The van der Waals surface area contributed by atoms with E-state index in [9.17, 15) is 24.0 Å². The van der Waals surface area contributed by atoms with E-state index in [0.29, 0.717) is 64.1 Å². The minimum absolute atomic E-state index is 0.00769. The van der Waals surface area contributed by atoms with Crippen LogP contribution in [0.5, 0.6) is 0 Å². The Morgan fingerprint density at radius 2 is 0.979 bits per heavy atom. The van der Waals surface area contributed by atoms with Gasteiger partial charge in [-0.3, -0.25) is 24.0 Å². The number of Topliss-reactive ketones (excluding diaryl/α,β-unsaturated/α-hetero) is 1. The van der Waals surface area contributed by atoms with Crippen LogP contribution in [-0.2, 0) is 38.2 Å². The van der Waals surface area contributed by atoms with Crippen molar-refractivity contribution in [3.05, 3.63) is 0 Å². The molecule has 14 heteroatoms. The van der Waals surface area contributed by atoms with Gasteiger partial charge in [0.15, 0.2) is 0 Å². The van der Waals surface area contributed by atoms with Crippen molar-refractivity contribution in [2.24, 2.45) is 23.1 Å². The fourth-order valence-corrected chi connectivity index (χ4v) is 4.67. The number of primary amides is 1. The van der Waals surface area contributed by atoms with Crippen LogP contribution in [0, 0.1) is 5.92 Å². The summed E-state index contributed by atoms with van der Waals surface area (Å²) in [5.74, 6) is -0.621. The molecule has 0 aliphatic heterocycles. The number of amides is 4. The Bertz CT molecular complexity index is 860. The lowest BCUT2D eigenvalue weighted by atomic mass is 10.0. The molecule has 280 valence electrons. The van der Waals surface area contributed by atoms with E-state index in [0.717, 1.165) is 44.9 Å². The SMILES string of the molecule is CC(C)C(=O)CCCCCCCCCCC(=O)NC(COCCC(N)=O)(COCCC(=O)NCCCN)COCCC(=O)NCCCN. The molecule has 0 aromatic heterocycles. The van der Waals surface area contributed by atoms with Gasteiger partial charge in [-0.15, -0.1) is 0 Å². The molecule has 0 atom stereocenters. The molecule has 0 aromatic rings. The Morgan fingerprint density at radius 1 is 0.562 bits per heavy atom. The maximum Gasteiger partial charge on any atom is 0.222 e. The quantitative estimate of drug-likeness (QED) is 0.0536. The number of ketones is 1. The Kier molecular flexibility index (Phi) is 28.7.